The largest absolute Gasteiger partial charge is 0.454 e. The number of nitrogens with one attached hydrogen (secondary N) is 1. The number of furan rings is 1. The van der Waals surface area contributed by atoms with Gasteiger partial charge in [0.05, 0.1) is 4.90 Å². The van der Waals surface area contributed by atoms with Gasteiger partial charge >= 0.3 is 0 Å². The maximum absolute atomic E-state index is 12.5. The summed E-state index contributed by atoms with van der Waals surface area (Å²) in [4.78, 5) is 0.183. The molecule has 2 heterocycles. The zero-order chi connectivity index (χ0) is 16.9. The van der Waals surface area contributed by atoms with Gasteiger partial charge in [0.15, 0.2) is 11.5 Å². The first-order valence-electron chi connectivity index (χ1n) is 7.36. The van der Waals surface area contributed by atoms with E-state index in [2.05, 4.69) is 4.72 Å². The zero-order valence-corrected chi connectivity index (χ0v) is 13.9. The third-order valence-electron chi connectivity index (χ3n) is 3.99. The van der Waals surface area contributed by atoms with Gasteiger partial charge < -0.3 is 13.9 Å². The van der Waals surface area contributed by atoms with Gasteiger partial charge in [0, 0.05) is 17.0 Å². The highest BCUT2D eigenvalue weighted by Gasteiger charge is 2.22. The van der Waals surface area contributed by atoms with Crippen LogP contribution in [0.25, 0.3) is 11.0 Å². The van der Waals surface area contributed by atoms with Crippen LogP contribution in [0.3, 0.4) is 0 Å². The Labute approximate surface area is 139 Å². The van der Waals surface area contributed by atoms with Crippen LogP contribution in [0.4, 0.5) is 5.88 Å². The van der Waals surface area contributed by atoms with Crippen LogP contribution in [0.1, 0.15) is 11.1 Å². The minimum Gasteiger partial charge on any atom is -0.454 e. The van der Waals surface area contributed by atoms with Crippen molar-refractivity contribution in [3.05, 3.63) is 47.5 Å². The van der Waals surface area contributed by atoms with Crippen LogP contribution in [0.5, 0.6) is 11.5 Å². The minimum absolute atomic E-state index is 0.175. The first-order valence-corrected chi connectivity index (χ1v) is 8.84. The summed E-state index contributed by atoms with van der Waals surface area (Å²) in [6, 6.07) is 10.1. The van der Waals surface area contributed by atoms with Crippen molar-refractivity contribution in [2.45, 2.75) is 18.7 Å². The molecule has 0 spiro atoms. The maximum Gasteiger partial charge on any atom is 0.264 e. The molecule has 24 heavy (non-hydrogen) atoms. The highest BCUT2D eigenvalue weighted by Crippen LogP contribution is 2.40. The van der Waals surface area contributed by atoms with Gasteiger partial charge in [-0.1, -0.05) is 17.7 Å². The van der Waals surface area contributed by atoms with E-state index in [4.69, 9.17) is 13.9 Å². The molecule has 3 aromatic rings. The van der Waals surface area contributed by atoms with Gasteiger partial charge in [-0.2, -0.15) is 0 Å². The number of anilines is 1. The summed E-state index contributed by atoms with van der Waals surface area (Å²) in [7, 11) is -3.72. The van der Waals surface area contributed by atoms with Crippen molar-refractivity contribution in [1.82, 2.24) is 0 Å². The molecule has 7 heteroatoms. The second kappa shape index (κ2) is 5.17. The Balaban J connectivity index is 1.74. The molecule has 2 aromatic carbocycles. The molecule has 0 fully saturated rings. The molecule has 4 rings (SSSR count). The highest BCUT2D eigenvalue weighted by molar-refractivity contribution is 7.92. The van der Waals surface area contributed by atoms with Crippen LogP contribution in [0.2, 0.25) is 0 Å². The lowest BCUT2D eigenvalue weighted by Crippen LogP contribution is -2.13. The van der Waals surface area contributed by atoms with Crippen molar-refractivity contribution in [1.29, 1.82) is 0 Å². The molecule has 0 aliphatic carbocycles. The number of sulfonamides is 1. The van der Waals surface area contributed by atoms with Crippen molar-refractivity contribution in [3.63, 3.8) is 0 Å². The number of aryl methyl sites for hydroxylation is 2. The van der Waals surface area contributed by atoms with Crippen molar-refractivity contribution >= 4 is 26.9 Å². The SMILES string of the molecule is Cc1ccc(S(=O)(=O)Nc2oc3cc4c(cc3c2C)OCO4)cc1. The fraction of sp³-hybridized carbons (Fsp3) is 0.176. The summed E-state index contributed by atoms with van der Waals surface area (Å²) in [6.07, 6.45) is 0. The molecule has 0 amide bonds. The van der Waals surface area contributed by atoms with Crippen LogP contribution < -0.4 is 14.2 Å². The molecule has 0 radical (unpaired) electrons. The Morgan fingerprint density at radius 3 is 2.38 bits per heavy atom. The monoisotopic (exact) mass is 345 g/mol. The average molecular weight is 345 g/mol. The number of rotatable bonds is 3. The molecular formula is C17H15NO5S. The van der Waals surface area contributed by atoms with E-state index in [0.29, 0.717) is 22.6 Å². The van der Waals surface area contributed by atoms with E-state index in [1.54, 1.807) is 43.3 Å². The van der Waals surface area contributed by atoms with E-state index >= 15 is 0 Å². The third-order valence-corrected chi connectivity index (χ3v) is 5.34. The van der Waals surface area contributed by atoms with Gasteiger partial charge in [-0.05, 0) is 32.0 Å². The Morgan fingerprint density at radius 2 is 1.67 bits per heavy atom. The van der Waals surface area contributed by atoms with Crippen molar-refractivity contribution < 1.29 is 22.3 Å². The molecule has 1 aliphatic rings. The summed E-state index contributed by atoms with van der Waals surface area (Å²) < 4.78 is 43.9. The summed E-state index contributed by atoms with van der Waals surface area (Å²) in [6.45, 7) is 3.87. The summed E-state index contributed by atoms with van der Waals surface area (Å²) in [5.41, 5.74) is 2.22. The molecule has 124 valence electrons. The molecule has 0 unspecified atom stereocenters. The third kappa shape index (κ3) is 2.37. The minimum atomic E-state index is -3.72. The standard InChI is InChI=1S/C17H15NO5S/c1-10-3-5-12(6-4-10)24(19,20)18-17-11(2)13-7-15-16(22-9-21-15)8-14(13)23-17/h3-8,18H,9H2,1-2H3. The van der Waals surface area contributed by atoms with Gasteiger partial charge in [-0.3, -0.25) is 0 Å². The molecule has 0 saturated carbocycles. The van der Waals surface area contributed by atoms with E-state index < -0.39 is 10.0 Å². The van der Waals surface area contributed by atoms with Gasteiger partial charge in [0.1, 0.15) is 5.58 Å². The molecule has 0 bridgehead atoms. The van der Waals surface area contributed by atoms with E-state index in [9.17, 15) is 8.42 Å². The Hall–Kier alpha value is -2.67. The van der Waals surface area contributed by atoms with Crippen molar-refractivity contribution in [2.24, 2.45) is 0 Å². The second-order valence-corrected chi connectivity index (χ2v) is 7.36. The molecule has 0 atom stereocenters. The highest BCUT2D eigenvalue weighted by atomic mass is 32.2. The van der Waals surface area contributed by atoms with E-state index in [1.165, 1.54) is 0 Å². The average Bonchev–Trinajstić information content (AvgIpc) is 3.10. The molecule has 1 N–H and O–H groups in total. The Bertz CT molecular complexity index is 1040. The predicted molar refractivity (Wildman–Crippen MR) is 89.1 cm³/mol. The van der Waals surface area contributed by atoms with Gasteiger partial charge in [0.2, 0.25) is 12.7 Å². The Kier molecular flexibility index (Phi) is 3.21. The van der Waals surface area contributed by atoms with Crippen molar-refractivity contribution in [2.75, 3.05) is 11.5 Å². The van der Waals surface area contributed by atoms with Crippen LogP contribution in [-0.4, -0.2) is 15.2 Å². The second-order valence-electron chi connectivity index (χ2n) is 5.68. The Morgan fingerprint density at radius 1 is 1.00 bits per heavy atom. The van der Waals surface area contributed by atoms with E-state index in [1.807, 2.05) is 6.92 Å². The zero-order valence-electron chi connectivity index (χ0n) is 13.1. The van der Waals surface area contributed by atoms with Crippen molar-refractivity contribution in [3.8, 4) is 11.5 Å². The number of fused-ring (bicyclic) bond motifs is 2. The van der Waals surface area contributed by atoms with E-state index in [-0.39, 0.29) is 17.6 Å². The first kappa shape index (κ1) is 14.9. The number of benzene rings is 2. The van der Waals surface area contributed by atoms with Crippen LogP contribution >= 0.6 is 0 Å². The summed E-state index contributed by atoms with van der Waals surface area (Å²) in [5, 5.41) is 0.779. The lowest BCUT2D eigenvalue weighted by atomic mass is 10.1. The lowest BCUT2D eigenvalue weighted by Gasteiger charge is -2.06. The number of hydrogen-bond donors (Lipinski definition) is 1. The smallest absolute Gasteiger partial charge is 0.264 e. The normalized spacial score (nSPS) is 13.4. The van der Waals surface area contributed by atoms with Gasteiger partial charge in [-0.15, -0.1) is 0 Å². The van der Waals surface area contributed by atoms with E-state index in [0.717, 1.165) is 10.9 Å². The molecule has 1 aromatic heterocycles. The van der Waals surface area contributed by atoms with Crippen LogP contribution in [0, 0.1) is 13.8 Å². The summed E-state index contributed by atoms with van der Waals surface area (Å²) in [5.74, 6) is 1.40. The molecule has 1 aliphatic heterocycles. The molecule has 6 nitrogen and oxygen atoms in total. The molecule has 0 saturated heterocycles. The summed E-state index contributed by atoms with van der Waals surface area (Å²) >= 11 is 0. The number of ether oxygens (including phenoxy) is 2. The van der Waals surface area contributed by atoms with Gasteiger partial charge in [0.25, 0.3) is 10.0 Å². The van der Waals surface area contributed by atoms with Crippen LogP contribution in [-0.2, 0) is 10.0 Å². The first-order chi connectivity index (χ1) is 11.4. The fourth-order valence-corrected chi connectivity index (χ4v) is 3.66. The fourth-order valence-electron chi connectivity index (χ4n) is 2.61. The van der Waals surface area contributed by atoms with Gasteiger partial charge in [-0.25, -0.2) is 13.1 Å². The predicted octanol–water partition coefficient (Wildman–Crippen LogP) is 3.58. The lowest BCUT2D eigenvalue weighted by molar-refractivity contribution is 0.174. The molecular weight excluding hydrogens is 330 g/mol. The quantitative estimate of drug-likeness (QED) is 0.785. The number of hydrogen-bond acceptors (Lipinski definition) is 5. The van der Waals surface area contributed by atoms with Crippen LogP contribution in [0.15, 0.2) is 45.7 Å². The topological polar surface area (TPSA) is 77.8 Å². The maximum atomic E-state index is 12.5.